The average molecular weight is 849 g/mol. The molecule has 2 aliphatic heterocycles. The third-order valence-electron chi connectivity index (χ3n) is 11.2. The summed E-state index contributed by atoms with van der Waals surface area (Å²) in [6.07, 6.45) is 2.44. The van der Waals surface area contributed by atoms with Gasteiger partial charge in [0.15, 0.2) is 0 Å². The Hall–Kier alpha value is -4.39. The molecule has 4 aromatic carbocycles. The Morgan fingerprint density at radius 1 is 0.885 bits per heavy atom. The second-order valence-electron chi connectivity index (χ2n) is 13.7. The van der Waals surface area contributed by atoms with Crippen LogP contribution in [0.1, 0.15) is 35.4 Å². The Balaban J connectivity index is 1.33. The van der Waals surface area contributed by atoms with E-state index in [1.807, 2.05) is 36.4 Å². The minimum Gasteiger partial charge on any atom is -0.508 e. The number of nitrogens with zero attached hydrogens (tertiary/aromatic N) is 2. The minimum atomic E-state index is -1.49. The molecule has 1 saturated carbocycles. The van der Waals surface area contributed by atoms with Crippen LogP contribution in [0.2, 0.25) is 10.0 Å². The van der Waals surface area contributed by atoms with E-state index in [-0.39, 0.29) is 29.0 Å². The average Bonchev–Trinajstić information content (AvgIpc) is 3.51. The van der Waals surface area contributed by atoms with Gasteiger partial charge in [-0.2, -0.15) is 5.01 Å². The van der Waals surface area contributed by atoms with Gasteiger partial charge in [0.1, 0.15) is 11.5 Å². The monoisotopic (exact) mass is 847 g/mol. The predicted octanol–water partition coefficient (Wildman–Crippen LogP) is 7.81. The van der Waals surface area contributed by atoms with Gasteiger partial charge >= 0.3 is 0 Å². The summed E-state index contributed by atoms with van der Waals surface area (Å²) in [4.78, 5) is 60.0. The van der Waals surface area contributed by atoms with E-state index in [1.165, 1.54) is 11.0 Å². The number of hydrogen-bond donors (Lipinski definition) is 2. The van der Waals surface area contributed by atoms with E-state index in [0.29, 0.717) is 45.3 Å². The van der Waals surface area contributed by atoms with Crippen molar-refractivity contribution >= 4 is 80.8 Å². The van der Waals surface area contributed by atoms with Crippen LogP contribution in [-0.2, 0) is 24.6 Å². The summed E-state index contributed by atoms with van der Waals surface area (Å²) in [6, 6.07) is 24.3. The number of phenols is 1. The molecule has 2 saturated heterocycles. The van der Waals surface area contributed by atoms with Crippen LogP contribution in [-0.4, -0.2) is 40.9 Å². The number of aromatic hydroxyl groups is 1. The number of hydrogen-bond acceptors (Lipinski definition) is 7. The lowest BCUT2D eigenvalue weighted by atomic mass is 9.49. The summed E-state index contributed by atoms with van der Waals surface area (Å²) >= 11 is 14.9. The van der Waals surface area contributed by atoms with Gasteiger partial charge in [-0.15, -0.1) is 0 Å². The van der Waals surface area contributed by atoms with Crippen LogP contribution in [0.25, 0.3) is 0 Å². The van der Waals surface area contributed by atoms with E-state index in [2.05, 4.69) is 28.0 Å². The molecule has 0 aromatic heterocycles. The molecule has 0 unspecified atom stereocenters. The highest BCUT2D eigenvalue weighted by Gasteiger charge is 2.70. The minimum absolute atomic E-state index is 0.0862. The van der Waals surface area contributed by atoms with Crippen LogP contribution in [0.4, 0.5) is 11.4 Å². The summed E-state index contributed by atoms with van der Waals surface area (Å²) in [5.41, 5.74) is 5.03. The van der Waals surface area contributed by atoms with Crippen molar-refractivity contribution < 1.29 is 29.0 Å². The van der Waals surface area contributed by atoms with Crippen molar-refractivity contribution in [1.29, 1.82) is 0 Å². The molecule has 2 heterocycles. The lowest BCUT2D eigenvalue weighted by Crippen LogP contribution is -2.53. The third kappa shape index (κ3) is 5.16. The number of phenolic OH excluding ortho intramolecular Hbond substituents is 1. The molecule has 264 valence electrons. The first-order chi connectivity index (χ1) is 24.9. The zero-order valence-electron chi connectivity index (χ0n) is 28.0. The van der Waals surface area contributed by atoms with E-state index in [0.717, 1.165) is 14.2 Å². The van der Waals surface area contributed by atoms with Crippen LogP contribution in [0.3, 0.4) is 0 Å². The van der Waals surface area contributed by atoms with Crippen molar-refractivity contribution in [3.8, 4) is 11.5 Å². The smallest absolute Gasteiger partial charge is 0.260 e. The normalized spacial score (nSPS) is 26.6. The molecule has 0 radical (unpaired) electrons. The number of ether oxygens (including phenoxy) is 1. The molecule has 4 amide bonds. The summed E-state index contributed by atoms with van der Waals surface area (Å²) in [5.74, 6) is -4.50. The summed E-state index contributed by atoms with van der Waals surface area (Å²) < 4.78 is 6.44. The second kappa shape index (κ2) is 12.9. The topological polar surface area (TPSA) is 116 Å². The summed E-state index contributed by atoms with van der Waals surface area (Å²) in [6.45, 7) is 1.78. The fraction of sp³-hybridized carbons (Fsp3) is 0.250. The molecule has 0 bridgehead atoms. The molecule has 0 spiro atoms. The first-order valence-electron chi connectivity index (χ1n) is 16.8. The SMILES string of the molecule is COc1ccc([C@@]23C(=O)N(Nc4ccc(Cl)cc4Cl)C(=O)[C@@H]2C[C@@H]2C(=CC[C@@H]4C(=O)N(c5ccc(I)cc5)C(=O)[C@@H]42)[C@@H]3c2ccc(O)c(C)c2)cc1. The maximum atomic E-state index is 15.4. The predicted molar refractivity (Wildman–Crippen MR) is 205 cm³/mol. The number of fused-ring (bicyclic) bond motifs is 4. The number of rotatable bonds is 6. The van der Waals surface area contributed by atoms with Crippen molar-refractivity contribution in [3.63, 3.8) is 0 Å². The van der Waals surface area contributed by atoms with Gasteiger partial charge in [-0.25, -0.2) is 0 Å². The standard InChI is InChI=1S/C40H32Cl2IN3O6/c1-20-17-21(3-16-33(20)47)35-27-13-14-28-34(38(50)45(36(28)48)25-9-7-24(43)8-10-25)29(27)19-30-37(49)46(44-32-15-6-23(41)18-31(32)42)39(51)40(30,35)22-4-11-26(52-2)12-5-22/h3-13,15-18,28-30,34-35,44,47H,14,19H2,1-2H3/t28-,29+,30-,34-,35-,40+/m0/s1. The number of amides is 4. The maximum Gasteiger partial charge on any atom is 0.260 e. The number of hydrazine groups is 1. The fourth-order valence-electron chi connectivity index (χ4n) is 8.92. The van der Waals surface area contributed by atoms with E-state index in [1.54, 1.807) is 62.6 Å². The molecular formula is C40H32Cl2IN3O6. The lowest BCUT2D eigenvalue weighted by Gasteiger charge is -2.50. The lowest BCUT2D eigenvalue weighted by molar-refractivity contribution is -0.138. The number of methoxy groups -OCH3 is 1. The van der Waals surface area contributed by atoms with Gasteiger partial charge in [0.25, 0.3) is 11.8 Å². The zero-order chi connectivity index (χ0) is 36.6. The highest BCUT2D eigenvalue weighted by molar-refractivity contribution is 14.1. The number of anilines is 2. The van der Waals surface area contributed by atoms with Crippen LogP contribution in [0, 0.1) is 34.2 Å². The highest BCUT2D eigenvalue weighted by atomic mass is 127. The van der Waals surface area contributed by atoms with Crippen LogP contribution < -0.4 is 15.1 Å². The number of allylic oxidation sites excluding steroid dienone is 2. The van der Waals surface area contributed by atoms with E-state index in [9.17, 15) is 19.5 Å². The molecule has 2 aliphatic carbocycles. The molecule has 2 N–H and O–H groups in total. The molecule has 3 fully saturated rings. The van der Waals surface area contributed by atoms with Gasteiger partial charge in [-0.05, 0) is 126 Å². The molecule has 6 atom stereocenters. The first-order valence-corrected chi connectivity index (χ1v) is 18.7. The van der Waals surface area contributed by atoms with Crippen LogP contribution >= 0.6 is 45.8 Å². The highest BCUT2D eigenvalue weighted by Crippen LogP contribution is 2.64. The third-order valence-corrected chi connectivity index (χ3v) is 12.5. The zero-order valence-corrected chi connectivity index (χ0v) is 31.6. The maximum absolute atomic E-state index is 15.4. The van der Waals surface area contributed by atoms with Crippen molar-refractivity contribution in [1.82, 2.24) is 5.01 Å². The molecule has 4 aliphatic rings. The van der Waals surface area contributed by atoms with Gasteiger partial charge < -0.3 is 9.84 Å². The Labute approximate surface area is 323 Å². The van der Waals surface area contributed by atoms with Gasteiger partial charge in [0.2, 0.25) is 11.8 Å². The van der Waals surface area contributed by atoms with E-state index in [4.69, 9.17) is 27.9 Å². The van der Waals surface area contributed by atoms with Crippen LogP contribution in [0.5, 0.6) is 11.5 Å². The summed E-state index contributed by atoms with van der Waals surface area (Å²) in [7, 11) is 1.55. The number of aryl methyl sites for hydroxylation is 1. The summed E-state index contributed by atoms with van der Waals surface area (Å²) in [5, 5.41) is 12.3. The van der Waals surface area contributed by atoms with Gasteiger partial charge in [-0.1, -0.05) is 59.1 Å². The van der Waals surface area contributed by atoms with Crippen molar-refractivity contribution in [3.05, 3.63) is 127 Å². The Bertz CT molecular complexity index is 2210. The fourth-order valence-corrected chi connectivity index (χ4v) is 9.73. The molecular weight excluding hydrogens is 816 g/mol. The number of carbonyl (C=O) groups excluding carboxylic acids is 4. The molecule has 9 nitrogen and oxygen atoms in total. The number of imide groups is 2. The molecule has 4 aromatic rings. The number of nitrogens with one attached hydrogen (secondary N) is 1. The second-order valence-corrected chi connectivity index (χ2v) is 15.8. The van der Waals surface area contributed by atoms with Gasteiger partial charge in [0, 0.05) is 14.5 Å². The van der Waals surface area contributed by atoms with Crippen LogP contribution in [0.15, 0.2) is 96.6 Å². The molecule has 52 heavy (non-hydrogen) atoms. The number of benzene rings is 4. The molecule has 12 heteroatoms. The van der Waals surface area contributed by atoms with Crippen molar-refractivity contribution in [2.45, 2.75) is 31.1 Å². The number of halogens is 3. The van der Waals surface area contributed by atoms with Crippen molar-refractivity contribution in [2.75, 3.05) is 17.4 Å². The Morgan fingerprint density at radius 2 is 1.62 bits per heavy atom. The first kappa shape index (κ1) is 34.7. The van der Waals surface area contributed by atoms with Gasteiger partial charge in [-0.3, -0.25) is 29.5 Å². The largest absolute Gasteiger partial charge is 0.508 e. The van der Waals surface area contributed by atoms with Gasteiger partial charge in [0.05, 0.1) is 46.7 Å². The quantitative estimate of drug-likeness (QED) is 0.116. The molecule has 8 rings (SSSR count). The Kier molecular flexibility index (Phi) is 8.62. The van der Waals surface area contributed by atoms with Crippen molar-refractivity contribution in [2.24, 2.45) is 23.7 Å². The van der Waals surface area contributed by atoms with E-state index >= 15 is 4.79 Å². The number of carbonyl (C=O) groups is 4. The van der Waals surface area contributed by atoms with E-state index < -0.39 is 46.8 Å². The Morgan fingerprint density at radius 3 is 2.29 bits per heavy atom.